The maximum Gasteiger partial charge on any atom is 0.227 e. The first-order valence-corrected chi connectivity index (χ1v) is 13.4. The minimum absolute atomic E-state index is 0.0232. The molecule has 2 aromatic carbocycles. The van der Waals surface area contributed by atoms with Crippen molar-refractivity contribution in [2.45, 2.75) is 32.6 Å². The van der Waals surface area contributed by atoms with Gasteiger partial charge in [-0.25, -0.2) is 35.7 Å². The van der Waals surface area contributed by atoms with Crippen molar-refractivity contribution in [3.8, 4) is 0 Å². The van der Waals surface area contributed by atoms with Crippen LogP contribution in [0.5, 0.6) is 0 Å². The number of hydrogen-bond donors (Lipinski definition) is 1. The maximum atomic E-state index is 14.3. The van der Waals surface area contributed by atoms with E-state index in [4.69, 9.17) is 0 Å². The highest BCUT2D eigenvalue weighted by atomic mass is 19.2. The molecule has 0 unspecified atom stereocenters. The van der Waals surface area contributed by atoms with Gasteiger partial charge in [0.05, 0.1) is 33.9 Å². The number of nitrogens with zero attached hydrogens (tertiary/aromatic N) is 5. The molecule has 4 aromatic rings. The molecule has 0 spiro atoms. The number of carbonyl (C=O) groups is 2. The molecule has 0 bridgehead atoms. The summed E-state index contributed by atoms with van der Waals surface area (Å²) in [5.41, 5.74) is 0.152. The highest BCUT2D eigenvalue weighted by Gasteiger charge is 2.32. The van der Waals surface area contributed by atoms with Gasteiger partial charge in [-0.15, -0.1) is 0 Å². The number of aromatic nitrogens is 4. The zero-order chi connectivity index (χ0) is 31.5. The first-order valence-electron chi connectivity index (χ1n) is 13.4. The number of benzene rings is 2. The van der Waals surface area contributed by atoms with E-state index in [-0.39, 0.29) is 49.0 Å². The third-order valence-electron chi connectivity index (χ3n) is 6.94. The molecule has 4 heterocycles. The molecule has 0 saturated heterocycles. The molecule has 2 aliphatic heterocycles. The van der Waals surface area contributed by atoms with Crippen molar-refractivity contribution < 1.29 is 35.9 Å². The molecular formula is C30H24F6N6O2. The van der Waals surface area contributed by atoms with Gasteiger partial charge in [0.25, 0.3) is 0 Å². The predicted octanol–water partition coefficient (Wildman–Crippen LogP) is 5.80. The number of hydrogen-bond acceptors (Lipinski definition) is 4. The lowest BCUT2D eigenvalue weighted by Gasteiger charge is -2.31. The van der Waals surface area contributed by atoms with Crippen LogP contribution in [0.3, 0.4) is 0 Å². The van der Waals surface area contributed by atoms with Gasteiger partial charge in [-0.3, -0.25) is 9.59 Å². The van der Waals surface area contributed by atoms with Gasteiger partial charge in [0.1, 0.15) is 34.9 Å². The summed E-state index contributed by atoms with van der Waals surface area (Å²) in [5, 5.41) is 10.5. The van der Waals surface area contributed by atoms with Crippen molar-refractivity contribution in [2.24, 2.45) is 0 Å². The lowest BCUT2D eigenvalue weighted by molar-refractivity contribution is -0.128. The molecule has 6 rings (SSSR count). The van der Waals surface area contributed by atoms with E-state index in [9.17, 15) is 35.9 Å². The van der Waals surface area contributed by atoms with E-state index in [0.717, 1.165) is 0 Å². The topological polar surface area (TPSA) is 85.1 Å². The van der Waals surface area contributed by atoms with Gasteiger partial charge in [-0.1, -0.05) is 0 Å². The molecule has 2 aliphatic rings. The van der Waals surface area contributed by atoms with E-state index in [1.165, 1.54) is 26.7 Å². The first-order chi connectivity index (χ1) is 21.1. The molecule has 2 amide bonds. The Labute approximate surface area is 246 Å². The summed E-state index contributed by atoms with van der Waals surface area (Å²) in [6.45, 7) is 1.96. The minimum atomic E-state index is -1.07. The molecule has 14 heteroatoms. The zero-order valence-corrected chi connectivity index (χ0v) is 23.1. The second kappa shape index (κ2) is 12.6. The van der Waals surface area contributed by atoms with Gasteiger partial charge in [0, 0.05) is 81.3 Å². The van der Waals surface area contributed by atoms with Crippen LogP contribution < -0.4 is 5.32 Å². The molecule has 1 N–H and O–H groups in total. The summed E-state index contributed by atoms with van der Waals surface area (Å²) in [5.74, 6) is -6.85. The van der Waals surface area contributed by atoms with Crippen LogP contribution in [0, 0.1) is 34.9 Å². The summed E-state index contributed by atoms with van der Waals surface area (Å²) >= 11 is 0. The Morgan fingerprint density at radius 1 is 0.705 bits per heavy atom. The monoisotopic (exact) mass is 614 g/mol. The molecule has 2 aromatic heterocycles. The Bertz CT molecular complexity index is 1740. The van der Waals surface area contributed by atoms with Gasteiger partial charge in [-0.05, 0) is 19.1 Å². The van der Waals surface area contributed by atoms with Crippen LogP contribution in [0.25, 0.3) is 22.8 Å². The molecule has 228 valence electrons. The van der Waals surface area contributed by atoms with Crippen LogP contribution >= 0.6 is 0 Å². The van der Waals surface area contributed by atoms with Crippen molar-refractivity contribution in [3.05, 3.63) is 107 Å². The SMILES string of the molecule is CCN1C(=O)CCC(n2cccn2)=C1c1c(F)cc(F)cc1F.O=C1CCC(n2cccn2)=C(c2c(F)cc(F)cc2F)N1. The minimum Gasteiger partial charge on any atom is -0.324 e. The van der Waals surface area contributed by atoms with E-state index < -0.39 is 46.0 Å². The van der Waals surface area contributed by atoms with E-state index >= 15 is 0 Å². The van der Waals surface area contributed by atoms with Gasteiger partial charge in [-0.2, -0.15) is 10.2 Å². The van der Waals surface area contributed by atoms with Gasteiger partial charge in [0.2, 0.25) is 11.8 Å². The van der Waals surface area contributed by atoms with Gasteiger partial charge in [0.15, 0.2) is 0 Å². The summed E-state index contributed by atoms with van der Waals surface area (Å²) in [6.07, 6.45) is 7.26. The summed E-state index contributed by atoms with van der Waals surface area (Å²) in [6, 6.07) is 5.70. The highest BCUT2D eigenvalue weighted by Crippen LogP contribution is 2.36. The summed E-state index contributed by atoms with van der Waals surface area (Å²) in [7, 11) is 0. The van der Waals surface area contributed by atoms with Crippen LogP contribution in [0.4, 0.5) is 26.3 Å². The Balaban J connectivity index is 0.000000175. The lowest BCUT2D eigenvalue weighted by Crippen LogP contribution is -2.34. The zero-order valence-electron chi connectivity index (χ0n) is 23.1. The number of halogens is 6. The number of carbonyl (C=O) groups excluding carboxylic acids is 2. The van der Waals surface area contributed by atoms with Gasteiger partial charge < -0.3 is 10.2 Å². The molecule has 0 fully saturated rings. The number of allylic oxidation sites excluding steroid dienone is 2. The average Bonchev–Trinajstić information content (AvgIpc) is 3.68. The van der Waals surface area contributed by atoms with E-state index in [2.05, 4.69) is 15.5 Å². The second-order valence-electron chi connectivity index (χ2n) is 9.69. The molecule has 44 heavy (non-hydrogen) atoms. The third-order valence-corrected chi connectivity index (χ3v) is 6.94. The largest absolute Gasteiger partial charge is 0.324 e. The van der Waals surface area contributed by atoms with E-state index in [1.54, 1.807) is 31.5 Å². The fourth-order valence-electron chi connectivity index (χ4n) is 5.07. The third kappa shape index (κ3) is 6.00. The number of amides is 2. The summed E-state index contributed by atoms with van der Waals surface area (Å²) in [4.78, 5) is 25.0. The Kier molecular flexibility index (Phi) is 8.69. The van der Waals surface area contributed by atoms with Gasteiger partial charge >= 0.3 is 0 Å². The Hall–Kier alpha value is -5.14. The fourth-order valence-corrected chi connectivity index (χ4v) is 5.07. The van der Waals surface area contributed by atoms with Crippen LogP contribution in [-0.2, 0) is 9.59 Å². The molecule has 0 saturated carbocycles. The predicted molar refractivity (Wildman–Crippen MR) is 147 cm³/mol. The second-order valence-corrected chi connectivity index (χ2v) is 9.69. The molecular weight excluding hydrogens is 590 g/mol. The molecule has 0 radical (unpaired) electrons. The van der Waals surface area contributed by atoms with Crippen LogP contribution in [0.2, 0.25) is 0 Å². The van der Waals surface area contributed by atoms with Crippen molar-refractivity contribution in [1.29, 1.82) is 0 Å². The van der Waals surface area contributed by atoms with Crippen molar-refractivity contribution in [1.82, 2.24) is 29.8 Å². The van der Waals surface area contributed by atoms with Crippen LogP contribution in [0.15, 0.2) is 61.2 Å². The highest BCUT2D eigenvalue weighted by molar-refractivity contribution is 5.98. The van der Waals surface area contributed by atoms with Crippen molar-refractivity contribution >= 4 is 34.6 Å². The maximum absolute atomic E-state index is 14.3. The number of rotatable bonds is 5. The fraction of sp³-hybridized carbons (Fsp3) is 0.200. The molecule has 0 aliphatic carbocycles. The average molecular weight is 615 g/mol. The van der Waals surface area contributed by atoms with Crippen molar-refractivity contribution in [2.75, 3.05) is 6.54 Å². The van der Waals surface area contributed by atoms with Crippen molar-refractivity contribution in [3.63, 3.8) is 0 Å². The normalized spacial score (nSPS) is 15.4. The van der Waals surface area contributed by atoms with Crippen LogP contribution in [0.1, 0.15) is 43.7 Å². The smallest absolute Gasteiger partial charge is 0.227 e. The van der Waals surface area contributed by atoms with E-state index in [0.29, 0.717) is 42.1 Å². The first kappa shape index (κ1) is 30.3. The standard InChI is InChI=1S/C16H14F3N3O.C14H10F3N3O/c1-2-21-14(23)5-4-13(22-7-3-6-20-22)16(21)15-11(18)8-10(17)9-12(15)19;15-8-6-9(16)13(10(17)7-8)14-11(2-3-12(21)19-14)20-5-1-4-18-20/h3,6-9H,2,4-5H2,1H3;1,4-7H,2-3H2,(H,19,21). The Morgan fingerprint density at radius 2 is 1.20 bits per heavy atom. The number of nitrogens with one attached hydrogen (secondary N) is 1. The molecule has 8 nitrogen and oxygen atoms in total. The quantitative estimate of drug-likeness (QED) is 0.288. The lowest BCUT2D eigenvalue weighted by atomic mass is 10.00. The van der Waals surface area contributed by atoms with Crippen LogP contribution in [-0.4, -0.2) is 42.8 Å². The molecule has 0 atom stereocenters. The van der Waals surface area contributed by atoms with E-state index in [1.807, 2.05) is 0 Å². The Morgan fingerprint density at radius 3 is 1.70 bits per heavy atom. The summed E-state index contributed by atoms with van der Waals surface area (Å²) < 4.78 is 85.6.